The number of nitrogens with one attached hydrogen (secondary N) is 2. The predicted molar refractivity (Wildman–Crippen MR) is 173 cm³/mol. The number of amides is 1. The van der Waals surface area contributed by atoms with E-state index in [1.165, 1.54) is 13.4 Å². The first-order valence-corrected chi connectivity index (χ1v) is 17.5. The van der Waals surface area contributed by atoms with Crippen molar-refractivity contribution < 1.29 is 31.1 Å². The number of halogens is 3. The zero-order valence-corrected chi connectivity index (χ0v) is 27.1. The molecule has 1 aromatic heterocycles. The Balaban J connectivity index is 1.12. The van der Waals surface area contributed by atoms with Crippen LogP contribution >= 0.6 is 0 Å². The Morgan fingerprint density at radius 1 is 1.04 bits per heavy atom. The highest BCUT2D eigenvalue weighted by Crippen LogP contribution is 2.35. The van der Waals surface area contributed by atoms with Crippen molar-refractivity contribution in [2.45, 2.75) is 44.3 Å². The summed E-state index contributed by atoms with van der Waals surface area (Å²) in [5.74, 6) is 0.383. The van der Waals surface area contributed by atoms with Gasteiger partial charge in [-0.05, 0) is 55.0 Å². The average molecular weight is 674 g/mol. The summed E-state index contributed by atoms with van der Waals surface area (Å²) in [5, 5.41) is 5.81. The number of piperidine rings is 1. The number of carbonyl (C=O) groups excluding carboxylic acids is 1. The summed E-state index contributed by atoms with van der Waals surface area (Å²) in [6, 6.07) is 11.4. The van der Waals surface area contributed by atoms with Crippen molar-refractivity contribution >= 4 is 38.9 Å². The molecule has 11 nitrogen and oxygen atoms in total. The van der Waals surface area contributed by atoms with Crippen molar-refractivity contribution in [3.8, 4) is 5.75 Å². The monoisotopic (exact) mass is 673 g/mol. The van der Waals surface area contributed by atoms with E-state index in [-0.39, 0.29) is 36.8 Å². The van der Waals surface area contributed by atoms with Crippen molar-refractivity contribution in [1.82, 2.24) is 19.2 Å². The van der Waals surface area contributed by atoms with Gasteiger partial charge >= 0.3 is 6.18 Å². The molecule has 2 N–H and O–H groups in total. The summed E-state index contributed by atoms with van der Waals surface area (Å²) in [4.78, 5) is 24.8. The number of ether oxygens (including phenoxy) is 1. The van der Waals surface area contributed by atoms with Crippen molar-refractivity contribution in [2.75, 3.05) is 68.2 Å². The Morgan fingerprint density at radius 3 is 2.47 bits per heavy atom. The summed E-state index contributed by atoms with van der Waals surface area (Å²) in [6.45, 7) is 4.40. The molecule has 3 aliphatic heterocycles. The van der Waals surface area contributed by atoms with Crippen LogP contribution in [0.1, 0.15) is 35.2 Å². The highest BCUT2D eigenvalue weighted by atomic mass is 32.2. The van der Waals surface area contributed by atoms with Crippen LogP contribution < -0.4 is 20.3 Å². The SMILES string of the molecule is COc1cc(N2CCN(C3CCN(S(C)(=O)=O)CC3)CC2)ccc1Nc1ncc(C(F)(F)F)c(CCc2cccc3c2CC(=O)N3)n1. The molecule has 0 radical (unpaired) electrons. The molecular formula is C32H38F3N7O4S. The molecule has 0 atom stereocenters. The van der Waals surface area contributed by atoms with E-state index in [4.69, 9.17) is 4.74 Å². The first kappa shape index (κ1) is 33.0. The lowest BCUT2D eigenvalue weighted by atomic mass is 9.98. The smallest absolute Gasteiger partial charge is 0.419 e. The maximum absolute atomic E-state index is 13.9. The number of hydrogen-bond donors (Lipinski definition) is 2. The molecule has 0 aliphatic carbocycles. The van der Waals surface area contributed by atoms with Crippen LogP contribution in [0.25, 0.3) is 0 Å². The van der Waals surface area contributed by atoms with Gasteiger partial charge in [0.1, 0.15) is 5.75 Å². The molecule has 2 saturated heterocycles. The molecule has 0 saturated carbocycles. The summed E-state index contributed by atoms with van der Waals surface area (Å²) in [5.41, 5.74) is 2.74. The maximum Gasteiger partial charge on any atom is 0.419 e. The summed E-state index contributed by atoms with van der Waals surface area (Å²) < 4.78 is 72.7. The molecule has 3 aliphatic rings. The van der Waals surface area contributed by atoms with E-state index in [9.17, 15) is 26.4 Å². The maximum atomic E-state index is 13.9. The van der Waals surface area contributed by atoms with E-state index in [2.05, 4.69) is 30.4 Å². The third kappa shape index (κ3) is 7.47. The van der Waals surface area contributed by atoms with Crippen LogP contribution in [0.15, 0.2) is 42.6 Å². The number of nitrogens with zero attached hydrogens (tertiary/aromatic N) is 5. The largest absolute Gasteiger partial charge is 0.494 e. The van der Waals surface area contributed by atoms with Crippen LogP contribution in [0.3, 0.4) is 0 Å². The summed E-state index contributed by atoms with van der Waals surface area (Å²) in [6.07, 6.45) is -0.429. The van der Waals surface area contributed by atoms with Gasteiger partial charge in [-0.15, -0.1) is 0 Å². The van der Waals surface area contributed by atoms with Crippen LogP contribution in [0, 0.1) is 0 Å². The number of rotatable bonds is 9. The Kier molecular flexibility index (Phi) is 9.31. The minimum Gasteiger partial charge on any atom is -0.494 e. The Labute approximate surface area is 272 Å². The van der Waals surface area contributed by atoms with Crippen LogP contribution in [0.5, 0.6) is 5.75 Å². The molecule has 47 heavy (non-hydrogen) atoms. The van der Waals surface area contributed by atoms with Gasteiger partial charge in [0, 0.05) is 68.9 Å². The fourth-order valence-electron chi connectivity index (χ4n) is 6.69. The Hall–Kier alpha value is -3.95. The highest BCUT2D eigenvalue weighted by Gasteiger charge is 2.35. The van der Waals surface area contributed by atoms with Crippen LogP contribution in [0.4, 0.5) is 36.2 Å². The van der Waals surface area contributed by atoms with Gasteiger partial charge in [-0.1, -0.05) is 12.1 Å². The molecule has 3 aromatic rings. The van der Waals surface area contributed by atoms with Gasteiger partial charge in [-0.2, -0.15) is 13.2 Å². The number of carbonyl (C=O) groups is 1. The van der Waals surface area contributed by atoms with Crippen LogP contribution in [-0.2, 0) is 40.3 Å². The zero-order chi connectivity index (χ0) is 33.3. The molecule has 0 spiro atoms. The van der Waals surface area contributed by atoms with E-state index >= 15 is 0 Å². The molecule has 2 fully saturated rings. The molecule has 6 rings (SSSR count). The van der Waals surface area contributed by atoms with Gasteiger partial charge in [0.15, 0.2) is 0 Å². The quantitative estimate of drug-likeness (QED) is 0.347. The molecular weight excluding hydrogens is 635 g/mol. The van der Waals surface area contributed by atoms with Crippen molar-refractivity contribution in [1.29, 1.82) is 0 Å². The molecule has 1 amide bonds. The van der Waals surface area contributed by atoms with E-state index < -0.39 is 21.8 Å². The Bertz CT molecular complexity index is 1740. The normalized spacial score (nSPS) is 18.2. The van der Waals surface area contributed by atoms with Gasteiger partial charge < -0.3 is 20.3 Å². The van der Waals surface area contributed by atoms with E-state index in [1.54, 1.807) is 22.5 Å². The first-order valence-electron chi connectivity index (χ1n) is 15.6. The third-order valence-corrected chi connectivity index (χ3v) is 10.5. The topological polar surface area (TPSA) is 120 Å². The number of sulfonamides is 1. The fourth-order valence-corrected chi connectivity index (χ4v) is 7.57. The lowest BCUT2D eigenvalue weighted by Gasteiger charge is -2.43. The number of alkyl halides is 3. The number of aromatic nitrogens is 2. The number of hydrogen-bond acceptors (Lipinski definition) is 9. The number of aryl methyl sites for hydroxylation is 2. The molecule has 0 unspecified atom stereocenters. The summed E-state index contributed by atoms with van der Waals surface area (Å²) in [7, 11) is -1.63. The van der Waals surface area contributed by atoms with Crippen molar-refractivity contribution in [2.24, 2.45) is 0 Å². The van der Waals surface area contributed by atoms with Gasteiger partial charge in [0.25, 0.3) is 0 Å². The molecule has 252 valence electrons. The summed E-state index contributed by atoms with van der Waals surface area (Å²) >= 11 is 0. The van der Waals surface area contributed by atoms with Gasteiger partial charge in [-0.25, -0.2) is 22.7 Å². The van der Waals surface area contributed by atoms with E-state index in [0.717, 1.165) is 62.0 Å². The van der Waals surface area contributed by atoms with Gasteiger partial charge in [0.05, 0.1) is 36.7 Å². The second-order valence-corrected chi connectivity index (χ2v) is 14.1. The fraction of sp³-hybridized carbons (Fsp3) is 0.469. The minimum absolute atomic E-state index is 0.00948. The highest BCUT2D eigenvalue weighted by molar-refractivity contribution is 7.88. The van der Waals surface area contributed by atoms with Gasteiger partial charge in [-0.3, -0.25) is 9.69 Å². The second-order valence-electron chi connectivity index (χ2n) is 12.1. The standard InChI is InChI=1S/C32H38F3N7O4S/c1-46-29-18-23(41-16-14-40(15-17-41)22-10-12-42(13-11-22)47(2,44)45)7-9-28(29)39-31-36-20-25(32(33,34)35)27(38-31)8-6-21-4-3-5-26-24(21)19-30(43)37-26/h3-5,7,9,18,20,22H,6,8,10-17,19H2,1-2H3,(H,37,43)(H,36,38,39). The van der Waals surface area contributed by atoms with E-state index in [1.807, 2.05) is 18.2 Å². The zero-order valence-electron chi connectivity index (χ0n) is 26.3. The first-order chi connectivity index (χ1) is 22.4. The van der Waals surface area contributed by atoms with Crippen LogP contribution in [-0.4, -0.2) is 92.2 Å². The van der Waals surface area contributed by atoms with Gasteiger partial charge in [0.2, 0.25) is 21.9 Å². The number of benzene rings is 2. The van der Waals surface area contributed by atoms with Crippen LogP contribution in [0.2, 0.25) is 0 Å². The number of anilines is 4. The Morgan fingerprint density at radius 2 is 1.79 bits per heavy atom. The van der Waals surface area contributed by atoms with E-state index in [0.29, 0.717) is 36.3 Å². The second kappa shape index (κ2) is 13.3. The molecule has 2 aromatic carbocycles. The van der Waals surface area contributed by atoms with Crippen molar-refractivity contribution in [3.63, 3.8) is 0 Å². The molecule has 15 heteroatoms. The third-order valence-electron chi connectivity index (χ3n) is 9.21. The molecule has 4 heterocycles. The molecule has 0 bridgehead atoms. The number of piperazine rings is 1. The number of methoxy groups -OCH3 is 1. The average Bonchev–Trinajstić information content (AvgIpc) is 3.44. The lowest BCUT2D eigenvalue weighted by molar-refractivity contribution is -0.138. The minimum atomic E-state index is -4.62. The number of fused-ring (bicyclic) bond motifs is 1. The lowest BCUT2D eigenvalue weighted by Crippen LogP contribution is -2.53. The predicted octanol–water partition coefficient (Wildman–Crippen LogP) is 4.07. The van der Waals surface area contributed by atoms with Crippen molar-refractivity contribution in [3.05, 3.63) is 65.0 Å².